The lowest BCUT2D eigenvalue weighted by Crippen LogP contribution is -2.40. The Morgan fingerprint density at radius 3 is 3.30 bits per heavy atom. The lowest BCUT2D eigenvalue weighted by atomic mass is 9.94. The van der Waals surface area contributed by atoms with Crippen LogP contribution in [0.2, 0.25) is 0 Å². The van der Waals surface area contributed by atoms with Crippen LogP contribution in [-0.2, 0) is 6.54 Å². The average Bonchev–Trinajstić information content (AvgIpc) is 3.04. The van der Waals surface area contributed by atoms with Crippen LogP contribution >= 0.6 is 11.3 Å². The summed E-state index contributed by atoms with van der Waals surface area (Å²) in [4.78, 5) is 21.9. The third kappa shape index (κ3) is 2.17. The maximum absolute atomic E-state index is 12.0. The zero-order valence-electron chi connectivity index (χ0n) is 11.3. The van der Waals surface area contributed by atoms with Gasteiger partial charge >= 0.3 is 0 Å². The molecule has 0 aliphatic carbocycles. The van der Waals surface area contributed by atoms with Gasteiger partial charge in [0, 0.05) is 19.1 Å². The monoisotopic (exact) mass is 290 g/mol. The third-order valence-corrected chi connectivity index (χ3v) is 5.31. The van der Waals surface area contributed by atoms with E-state index in [1.165, 1.54) is 24.2 Å². The zero-order chi connectivity index (χ0) is 13.5. The van der Waals surface area contributed by atoms with Crippen LogP contribution in [0, 0.1) is 5.92 Å². The van der Waals surface area contributed by atoms with Crippen molar-refractivity contribution in [1.82, 2.24) is 20.2 Å². The van der Waals surface area contributed by atoms with Crippen molar-refractivity contribution in [2.24, 2.45) is 5.92 Å². The number of hydrogen-bond donors (Lipinski definition) is 2. The molecular weight excluding hydrogens is 272 g/mol. The predicted molar refractivity (Wildman–Crippen MR) is 80.0 cm³/mol. The van der Waals surface area contributed by atoms with Crippen LogP contribution in [0.25, 0.3) is 10.2 Å². The Bertz CT molecular complexity index is 665. The van der Waals surface area contributed by atoms with Gasteiger partial charge in [0.2, 0.25) is 0 Å². The Morgan fingerprint density at radius 2 is 2.40 bits per heavy atom. The fourth-order valence-electron chi connectivity index (χ4n) is 3.47. The molecule has 2 unspecified atom stereocenters. The van der Waals surface area contributed by atoms with E-state index in [0.29, 0.717) is 6.04 Å². The molecule has 2 atom stereocenters. The first kappa shape index (κ1) is 12.5. The second kappa shape index (κ2) is 4.95. The Kier molecular flexibility index (Phi) is 3.09. The Morgan fingerprint density at radius 1 is 1.45 bits per heavy atom. The molecule has 4 heterocycles. The number of piperidine rings is 1. The van der Waals surface area contributed by atoms with E-state index >= 15 is 0 Å². The molecule has 0 saturated carbocycles. The highest BCUT2D eigenvalue weighted by atomic mass is 32.1. The van der Waals surface area contributed by atoms with E-state index in [2.05, 4.69) is 20.2 Å². The summed E-state index contributed by atoms with van der Waals surface area (Å²) in [6.45, 7) is 4.07. The van der Waals surface area contributed by atoms with Crippen molar-refractivity contribution in [1.29, 1.82) is 0 Å². The molecule has 4 rings (SSSR count). The number of thiophene rings is 1. The van der Waals surface area contributed by atoms with Crippen LogP contribution in [0.1, 0.15) is 18.7 Å². The number of aromatic nitrogens is 2. The van der Waals surface area contributed by atoms with Crippen molar-refractivity contribution in [2.45, 2.75) is 25.4 Å². The summed E-state index contributed by atoms with van der Waals surface area (Å²) in [6, 6.07) is 2.55. The SMILES string of the molecule is O=c1[nH]c(CN2CC3CCCNC3C2)nc2ccsc12. The van der Waals surface area contributed by atoms with E-state index in [0.717, 1.165) is 48.1 Å². The van der Waals surface area contributed by atoms with Crippen molar-refractivity contribution < 1.29 is 0 Å². The highest BCUT2D eigenvalue weighted by Gasteiger charge is 2.34. The quantitative estimate of drug-likeness (QED) is 0.871. The summed E-state index contributed by atoms with van der Waals surface area (Å²) in [5.41, 5.74) is 0.818. The molecule has 0 amide bonds. The molecule has 20 heavy (non-hydrogen) atoms. The number of H-pyrrole nitrogens is 1. The molecule has 2 aromatic heterocycles. The number of likely N-dealkylation sites (tertiary alicyclic amines) is 1. The Balaban J connectivity index is 1.54. The maximum Gasteiger partial charge on any atom is 0.268 e. The molecule has 0 bridgehead atoms. The fraction of sp³-hybridized carbons (Fsp3) is 0.571. The van der Waals surface area contributed by atoms with Gasteiger partial charge in [-0.15, -0.1) is 11.3 Å². The van der Waals surface area contributed by atoms with E-state index in [-0.39, 0.29) is 5.56 Å². The molecule has 0 aromatic carbocycles. The summed E-state index contributed by atoms with van der Waals surface area (Å²) in [7, 11) is 0. The van der Waals surface area contributed by atoms with Crippen LogP contribution in [-0.4, -0.2) is 40.5 Å². The molecule has 2 aliphatic rings. The number of hydrogen-bond acceptors (Lipinski definition) is 5. The van der Waals surface area contributed by atoms with Crippen molar-refractivity contribution >= 4 is 21.6 Å². The normalized spacial score (nSPS) is 27.0. The maximum atomic E-state index is 12.0. The van der Waals surface area contributed by atoms with Gasteiger partial charge in [0.05, 0.1) is 12.1 Å². The molecule has 106 valence electrons. The average molecular weight is 290 g/mol. The van der Waals surface area contributed by atoms with E-state index in [4.69, 9.17) is 0 Å². The second-order valence-electron chi connectivity index (χ2n) is 5.80. The molecular formula is C14H18N4OS. The second-order valence-corrected chi connectivity index (χ2v) is 6.72. The lowest BCUT2D eigenvalue weighted by Gasteiger charge is -2.24. The van der Waals surface area contributed by atoms with Gasteiger partial charge in [-0.2, -0.15) is 0 Å². The molecule has 2 saturated heterocycles. The van der Waals surface area contributed by atoms with Crippen LogP contribution in [0.4, 0.5) is 0 Å². The minimum atomic E-state index is -0.00487. The van der Waals surface area contributed by atoms with Crippen molar-refractivity contribution in [3.8, 4) is 0 Å². The summed E-state index contributed by atoms with van der Waals surface area (Å²) >= 11 is 1.45. The van der Waals surface area contributed by atoms with E-state index in [1.54, 1.807) is 0 Å². The molecule has 2 N–H and O–H groups in total. The highest BCUT2D eigenvalue weighted by molar-refractivity contribution is 7.17. The fourth-order valence-corrected chi connectivity index (χ4v) is 4.20. The van der Waals surface area contributed by atoms with Gasteiger partial charge in [0.1, 0.15) is 10.5 Å². The summed E-state index contributed by atoms with van der Waals surface area (Å²) in [5, 5.41) is 5.52. The van der Waals surface area contributed by atoms with Crippen LogP contribution in [0.5, 0.6) is 0 Å². The number of nitrogens with zero attached hydrogens (tertiary/aromatic N) is 2. The Labute approximate surface area is 121 Å². The molecule has 5 nitrogen and oxygen atoms in total. The van der Waals surface area contributed by atoms with Gasteiger partial charge in [0.25, 0.3) is 5.56 Å². The Hall–Kier alpha value is -1.24. The molecule has 2 aliphatic heterocycles. The molecule has 2 fully saturated rings. The van der Waals surface area contributed by atoms with Crippen molar-refractivity contribution in [3.63, 3.8) is 0 Å². The number of nitrogens with one attached hydrogen (secondary N) is 2. The number of aromatic amines is 1. The number of fused-ring (bicyclic) bond motifs is 2. The van der Waals surface area contributed by atoms with Gasteiger partial charge in [0.15, 0.2) is 0 Å². The lowest BCUT2D eigenvalue weighted by molar-refractivity contribution is 0.305. The smallest absolute Gasteiger partial charge is 0.268 e. The van der Waals surface area contributed by atoms with Crippen molar-refractivity contribution in [2.75, 3.05) is 19.6 Å². The molecule has 0 spiro atoms. The van der Waals surface area contributed by atoms with Crippen LogP contribution in [0.3, 0.4) is 0 Å². The van der Waals surface area contributed by atoms with E-state index in [1.807, 2.05) is 11.4 Å². The van der Waals surface area contributed by atoms with Crippen molar-refractivity contribution in [3.05, 3.63) is 27.6 Å². The van der Waals surface area contributed by atoms with Gasteiger partial charge in [-0.25, -0.2) is 4.98 Å². The van der Waals surface area contributed by atoms with E-state index in [9.17, 15) is 4.79 Å². The largest absolute Gasteiger partial charge is 0.312 e. The minimum absolute atomic E-state index is 0.00487. The van der Waals surface area contributed by atoms with Gasteiger partial charge in [-0.05, 0) is 36.8 Å². The zero-order valence-corrected chi connectivity index (χ0v) is 12.1. The third-order valence-electron chi connectivity index (χ3n) is 4.41. The topological polar surface area (TPSA) is 61.0 Å². The highest BCUT2D eigenvalue weighted by Crippen LogP contribution is 2.25. The molecule has 6 heteroatoms. The van der Waals surface area contributed by atoms with Gasteiger partial charge < -0.3 is 10.3 Å². The first-order chi connectivity index (χ1) is 9.79. The van der Waals surface area contributed by atoms with Crippen LogP contribution in [0.15, 0.2) is 16.2 Å². The van der Waals surface area contributed by atoms with E-state index < -0.39 is 0 Å². The van der Waals surface area contributed by atoms with Gasteiger partial charge in [-0.1, -0.05) is 0 Å². The summed E-state index contributed by atoms with van der Waals surface area (Å²) in [5.74, 6) is 1.56. The standard InChI is InChI=1S/C14H18N4OS/c19-14-13-10(3-5-20-13)16-12(17-14)8-18-6-9-2-1-4-15-11(9)7-18/h3,5,9,11,15H,1-2,4,6-8H2,(H,16,17,19). The molecule has 0 radical (unpaired) electrons. The minimum Gasteiger partial charge on any atom is -0.312 e. The predicted octanol–water partition coefficient (Wildman–Crippen LogP) is 1.17. The summed E-state index contributed by atoms with van der Waals surface area (Å²) in [6.07, 6.45) is 2.60. The van der Waals surface area contributed by atoms with Gasteiger partial charge in [-0.3, -0.25) is 9.69 Å². The molecule has 2 aromatic rings. The number of rotatable bonds is 2. The first-order valence-corrected chi connectivity index (χ1v) is 8.10. The van der Waals surface area contributed by atoms with Crippen LogP contribution < -0.4 is 10.9 Å². The first-order valence-electron chi connectivity index (χ1n) is 7.22. The summed E-state index contributed by atoms with van der Waals surface area (Å²) < 4.78 is 0.727.